The average Bonchev–Trinajstić information content (AvgIpc) is 3.03. The highest BCUT2D eigenvalue weighted by atomic mass is 16.5. The highest BCUT2D eigenvalue weighted by Gasteiger charge is 2.17. The lowest BCUT2D eigenvalue weighted by Gasteiger charge is -1.98. The Morgan fingerprint density at radius 1 is 1.33 bits per heavy atom. The highest BCUT2D eigenvalue weighted by molar-refractivity contribution is 5.81. The second-order valence-corrected chi connectivity index (χ2v) is 3.90. The standard InChI is InChI=1S/C12H11N3O3/c13-8(6-16)11-14-12(18-15-11)10-5-7-3-1-2-4-9(7)17-10/h1-5,8,16H,6,13H2. The Bertz CT molecular complexity index is 641. The van der Waals surface area contributed by atoms with Crippen LogP contribution in [-0.4, -0.2) is 21.9 Å². The number of aromatic nitrogens is 2. The van der Waals surface area contributed by atoms with E-state index in [1.54, 1.807) is 0 Å². The van der Waals surface area contributed by atoms with E-state index in [0.29, 0.717) is 5.76 Å². The summed E-state index contributed by atoms with van der Waals surface area (Å²) in [4.78, 5) is 4.09. The van der Waals surface area contributed by atoms with Gasteiger partial charge in [0.05, 0.1) is 12.6 Å². The summed E-state index contributed by atoms with van der Waals surface area (Å²) >= 11 is 0. The van der Waals surface area contributed by atoms with Crippen molar-refractivity contribution < 1.29 is 14.0 Å². The van der Waals surface area contributed by atoms with Gasteiger partial charge in [-0.15, -0.1) is 0 Å². The van der Waals surface area contributed by atoms with Gasteiger partial charge in [0.15, 0.2) is 11.6 Å². The fourth-order valence-corrected chi connectivity index (χ4v) is 1.65. The molecule has 0 bridgehead atoms. The van der Waals surface area contributed by atoms with Gasteiger partial charge < -0.3 is 19.8 Å². The Morgan fingerprint density at radius 2 is 2.17 bits per heavy atom. The van der Waals surface area contributed by atoms with Crippen LogP contribution in [0.4, 0.5) is 0 Å². The smallest absolute Gasteiger partial charge is 0.293 e. The van der Waals surface area contributed by atoms with Crippen LogP contribution >= 0.6 is 0 Å². The van der Waals surface area contributed by atoms with Gasteiger partial charge >= 0.3 is 0 Å². The molecule has 3 rings (SSSR count). The van der Waals surface area contributed by atoms with E-state index in [0.717, 1.165) is 11.0 Å². The number of fused-ring (bicyclic) bond motifs is 1. The number of hydrogen-bond acceptors (Lipinski definition) is 6. The first-order chi connectivity index (χ1) is 8.78. The minimum absolute atomic E-state index is 0.237. The Labute approximate surface area is 102 Å². The van der Waals surface area contributed by atoms with E-state index in [1.807, 2.05) is 30.3 Å². The van der Waals surface area contributed by atoms with E-state index >= 15 is 0 Å². The minimum atomic E-state index is -0.646. The molecule has 92 valence electrons. The van der Waals surface area contributed by atoms with Crippen molar-refractivity contribution in [3.8, 4) is 11.7 Å². The number of nitrogens with zero attached hydrogens (tertiary/aromatic N) is 2. The molecule has 0 radical (unpaired) electrons. The Balaban J connectivity index is 2.01. The van der Waals surface area contributed by atoms with Crippen molar-refractivity contribution >= 4 is 11.0 Å². The molecule has 1 aromatic carbocycles. The van der Waals surface area contributed by atoms with Crippen molar-refractivity contribution in [1.82, 2.24) is 10.1 Å². The molecule has 6 nitrogen and oxygen atoms in total. The van der Waals surface area contributed by atoms with E-state index < -0.39 is 6.04 Å². The zero-order valence-corrected chi connectivity index (χ0v) is 9.41. The molecular formula is C12H11N3O3. The van der Waals surface area contributed by atoms with Gasteiger partial charge in [-0.1, -0.05) is 23.4 Å². The lowest BCUT2D eigenvalue weighted by Crippen LogP contribution is -2.15. The topological polar surface area (TPSA) is 98.3 Å². The number of hydrogen-bond donors (Lipinski definition) is 2. The first kappa shape index (κ1) is 10.9. The summed E-state index contributed by atoms with van der Waals surface area (Å²) in [5.74, 6) is 0.998. The summed E-state index contributed by atoms with van der Waals surface area (Å²) in [6.45, 7) is -0.237. The first-order valence-electron chi connectivity index (χ1n) is 5.47. The molecule has 2 heterocycles. The average molecular weight is 245 g/mol. The Kier molecular flexibility index (Phi) is 2.58. The number of aliphatic hydroxyl groups is 1. The summed E-state index contributed by atoms with van der Waals surface area (Å²) in [6.07, 6.45) is 0. The van der Waals surface area contributed by atoms with Gasteiger partial charge in [-0.2, -0.15) is 4.98 Å². The Morgan fingerprint density at radius 3 is 2.94 bits per heavy atom. The van der Waals surface area contributed by atoms with Crippen molar-refractivity contribution in [1.29, 1.82) is 0 Å². The predicted molar refractivity (Wildman–Crippen MR) is 63.5 cm³/mol. The van der Waals surface area contributed by atoms with Gasteiger partial charge in [0, 0.05) is 5.39 Å². The molecule has 0 aliphatic heterocycles. The predicted octanol–water partition coefficient (Wildman–Crippen LogP) is 1.47. The molecule has 3 N–H and O–H groups in total. The molecule has 0 aliphatic carbocycles. The largest absolute Gasteiger partial charge is 0.451 e. The molecule has 6 heteroatoms. The summed E-state index contributed by atoms with van der Waals surface area (Å²) in [5, 5.41) is 13.6. The maximum atomic E-state index is 8.91. The van der Waals surface area contributed by atoms with Gasteiger partial charge in [-0.25, -0.2) is 0 Å². The lowest BCUT2D eigenvalue weighted by atomic mass is 10.2. The maximum Gasteiger partial charge on any atom is 0.293 e. The molecule has 1 unspecified atom stereocenters. The van der Waals surface area contributed by atoms with Gasteiger partial charge in [-0.05, 0) is 12.1 Å². The van der Waals surface area contributed by atoms with Crippen LogP contribution in [0.1, 0.15) is 11.9 Å². The van der Waals surface area contributed by atoms with Crippen LogP contribution in [0.3, 0.4) is 0 Å². The van der Waals surface area contributed by atoms with Crippen molar-refractivity contribution in [3.05, 3.63) is 36.2 Å². The van der Waals surface area contributed by atoms with Crippen molar-refractivity contribution in [2.75, 3.05) is 6.61 Å². The number of aliphatic hydroxyl groups excluding tert-OH is 1. The second-order valence-electron chi connectivity index (χ2n) is 3.90. The number of para-hydroxylation sites is 1. The van der Waals surface area contributed by atoms with Gasteiger partial charge in [0.25, 0.3) is 5.89 Å². The van der Waals surface area contributed by atoms with Crippen LogP contribution in [0.5, 0.6) is 0 Å². The molecule has 1 atom stereocenters. The normalized spacial score (nSPS) is 13.0. The number of rotatable bonds is 3. The lowest BCUT2D eigenvalue weighted by molar-refractivity contribution is 0.260. The van der Waals surface area contributed by atoms with E-state index in [2.05, 4.69) is 10.1 Å². The highest BCUT2D eigenvalue weighted by Crippen LogP contribution is 2.26. The fraction of sp³-hybridized carbons (Fsp3) is 0.167. The molecular weight excluding hydrogens is 234 g/mol. The van der Waals surface area contributed by atoms with E-state index in [-0.39, 0.29) is 18.3 Å². The molecule has 0 fully saturated rings. The quantitative estimate of drug-likeness (QED) is 0.725. The molecule has 2 aromatic heterocycles. The number of nitrogens with two attached hydrogens (primary N) is 1. The van der Waals surface area contributed by atoms with Crippen LogP contribution in [0.15, 0.2) is 39.3 Å². The SMILES string of the molecule is NC(CO)c1noc(-c2cc3ccccc3o2)n1. The number of benzene rings is 1. The summed E-state index contributed by atoms with van der Waals surface area (Å²) in [5.41, 5.74) is 6.34. The van der Waals surface area contributed by atoms with E-state index in [1.165, 1.54) is 0 Å². The third kappa shape index (κ3) is 1.77. The van der Waals surface area contributed by atoms with E-state index in [4.69, 9.17) is 19.8 Å². The van der Waals surface area contributed by atoms with Crippen LogP contribution in [0.25, 0.3) is 22.6 Å². The zero-order chi connectivity index (χ0) is 12.5. The summed E-state index contributed by atoms with van der Waals surface area (Å²) in [6, 6.07) is 8.76. The monoisotopic (exact) mass is 245 g/mol. The van der Waals surface area contributed by atoms with Crippen molar-refractivity contribution in [2.24, 2.45) is 5.73 Å². The summed E-state index contributed by atoms with van der Waals surface area (Å²) < 4.78 is 10.6. The minimum Gasteiger partial charge on any atom is -0.451 e. The molecule has 0 spiro atoms. The summed E-state index contributed by atoms with van der Waals surface area (Å²) in [7, 11) is 0. The molecule has 0 saturated heterocycles. The molecule has 3 aromatic rings. The molecule has 0 aliphatic rings. The third-order valence-corrected chi connectivity index (χ3v) is 2.61. The number of furan rings is 1. The Hall–Kier alpha value is -2.18. The van der Waals surface area contributed by atoms with Crippen molar-refractivity contribution in [3.63, 3.8) is 0 Å². The van der Waals surface area contributed by atoms with E-state index in [9.17, 15) is 0 Å². The van der Waals surface area contributed by atoms with Gasteiger partial charge in [0.1, 0.15) is 5.58 Å². The van der Waals surface area contributed by atoms with Crippen LogP contribution in [-0.2, 0) is 0 Å². The van der Waals surface area contributed by atoms with Crippen LogP contribution in [0, 0.1) is 0 Å². The maximum absolute atomic E-state index is 8.91. The zero-order valence-electron chi connectivity index (χ0n) is 9.41. The third-order valence-electron chi connectivity index (χ3n) is 2.61. The van der Waals surface area contributed by atoms with Crippen molar-refractivity contribution in [2.45, 2.75) is 6.04 Å². The second kappa shape index (κ2) is 4.25. The van der Waals surface area contributed by atoms with Crippen LogP contribution < -0.4 is 5.73 Å². The molecule has 18 heavy (non-hydrogen) atoms. The first-order valence-corrected chi connectivity index (χ1v) is 5.47. The van der Waals surface area contributed by atoms with Gasteiger partial charge in [-0.3, -0.25) is 0 Å². The molecule has 0 amide bonds. The van der Waals surface area contributed by atoms with Gasteiger partial charge in [0.2, 0.25) is 0 Å². The van der Waals surface area contributed by atoms with Crippen LogP contribution in [0.2, 0.25) is 0 Å². The fourth-order valence-electron chi connectivity index (χ4n) is 1.65. The molecule has 0 saturated carbocycles.